The molecule has 1 fully saturated rings. The van der Waals surface area contributed by atoms with Crippen molar-refractivity contribution in [3.05, 3.63) is 47.9 Å². The molecule has 1 atom stereocenters. The van der Waals surface area contributed by atoms with Gasteiger partial charge in [0.25, 0.3) is 5.91 Å². The Morgan fingerprint density at radius 2 is 2.38 bits per heavy atom. The van der Waals surface area contributed by atoms with Crippen molar-refractivity contribution < 1.29 is 23.1 Å². The van der Waals surface area contributed by atoms with Crippen LogP contribution in [0.15, 0.2) is 34.9 Å². The van der Waals surface area contributed by atoms with E-state index in [2.05, 4.69) is 4.98 Å². The molecule has 1 aliphatic heterocycles. The van der Waals surface area contributed by atoms with Gasteiger partial charge in [0.1, 0.15) is 17.8 Å². The summed E-state index contributed by atoms with van der Waals surface area (Å²) in [4.78, 5) is 18.0. The van der Waals surface area contributed by atoms with Gasteiger partial charge >= 0.3 is 0 Å². The molecule has 1 amide bonds. The molecule has 24 heavy (non-hydrogen) atoms. The maximum absolute atomic E-state index is 13.1. The van der Waals surface area contributed by atoms with Gasteiger partial charge in [0, 0.05) is 26.3 Å². The van der Waals surface area contributed by atoms with E-state index in [0.29, 0.717) is 12.3 Å². The number of oxazole rings is 1. The zero-order chi connectivity index (χ0) is 16.9. The van der Waals surface area contributed by atoms with E-state index in [9.17, 15) is 9.18 Å². The Labute approximate surface area is 139 Å². The van der Waals surface area contributed by atoms with Crippen LogP contribution in [0, 0.1) is 5.82 Å². The summed E-state index contributed by atoms with van der Waals surface area (Å²) in [6.45, 7) is 1.30. The molecule has 3 rings (SSSR count). The Morgan fingerprint density at radius 1 is 1.50 bits per heavy atom. The molecule has 1 aliphatic rings. The van der Waals surface area contributed by atoms with Crippen molar-refractivity contribution in [2.75, 3.05) is 20.2 Å². The summed E-state index contributed by atoms with van der Waals surface area (Å²) in [5.74, 6) is 0.0162. The van der Waals surface area contributed by atoms with Crippen LogP contribution in [-0.2, 0) is 11.3 Å². The van der Waals surface area contributed by atoms with Gasteiger partial charge in [-0.2, -0.15) is 0 Å². The van der Waals surface area contributed by atoms with Crippen LogP contribution in [0.2, 0.25) is 0 Å². The van der Waals surface area contributed by atoms with Gasteiger partial charge in [-0.25, -0.2) is 9.37 Å². The first-order chi connectivity index (χ1) is 11.6. The van der Waals surface area contributed by atoms with Gasteiger partial charge in [0.2, 0.25) is 5.89 Å². The van der Waals surface area contributed by atoms with E-state index in [1.807, 2.05) is 0 Å². The minimum Gasteiger partial charge on any atom is -0.484 e. The van der Waals surface area contributed by atoms with Crippen molar-refractivity contribution in [3.8, 4) is 5.75 Å². The number of aromatic nitrogens is 1. The second kappa shape index (κ2) is 7.44. The molecule has 0 N–H and O–H groups in total. The fraction of sp³-hybridized carbons (Fsp3) is 0.412. The molecule has 0 spiro atoms. The maximum Gasteiger partial charge on any atom is 0.275 e. The summed E-state index contributed by atoms with van der Waals surface area (Å²) >= 11 is 0. The third-order valence-electron chi connectivity index (χ3n) is 3.78. The molecule has 2 aromatic rings. The van der Waals surface area contributed by atoms with Crippen LogP contribution in [0.4, 0.5) is 4.39 Å². The summed E-state index contributed by atoms with van der Waals surface area (Å²) in [6.07, 6.45) is 3.38. The Morgan fingerprint density at radius 3 is 3.12 bits per heavy atom. The molecule has 0 bridgehead atoms. The fourth-order valence-corrected chi connectivity index (χ4v) is 2.55. The lowest BCUT2D eigenvalue weighted by Gasteiger charge is -2.19. The molecule has 0 aliphatic carbocycles. The van der Waals surface area contributed by atoms with Crippen LogP contribution >= 0.6 is 0 Å². The van der Waals surface area contributed by atoms with Crippen molar-refractivity contribution in [3.63, 3.8) is 0 Å². The van der Waals surface area contributed by atoms with Gasteiger partial charge in [-0.1, -0.05) is 6.07 Å². The fourth-order valence-electron chi connectivity index (χ4n) is 2.55. The lowest BCUT2D eigenvalue weighted by molar-refractivity contribution is 0.0582. The number of halogens is 1. The zero-order valence-corrected chi connectivity index (χ0v) is 13.4. The highest BCUT2D eigenvalue weighted by molar-refractivity contribution is 5.91. The summed E-state index contributed by atoms with van der Waals surface area (Å²) in [5.41, 5.74) is 0.216. The number of carbonyl (C=O) groups is 1. The van der Waals surface area contributed by atoms with Crippen molar-refractivity contribution >= 4 is 5.91 Å². The first kappa shape index (κ1) is 16.4. The van der Waals surface area contributed by atoms with Gasteiger partial charge in [0.15, 0.2) is 12.3 Å². The average Bonchev–Trinajstić information content (AvgIpc) is 3.24. The highest BCUT2D eigenvalue weighted by atomic mass is 19.1. The van der Waals surface area contributed by atoms with Crippen molar-refractivity contribution in [1.29, 1.82) is 0 Å². The van der Waals surface area contributed by atoms with Gasteiger partial charge in [-0.3, -0.25) is 4.79 Å². The van der Waals surface area contributed by atoms with Crippen LogP contribution in [0.5, 0.6) is 5.75 Å². The average molecular weight is 334 g/mol. The number of ether oxygens (including phenoxy) is 2. The normalized spacial score (nSPS) is 17.0. The third kappa shape index (κ3) is 4.11. The van der Waals surface area contributed by atoms with Gasteiger partial charge in [-0.15, -0.1) is 0 Å². The summed E-state index contributed by atoms with van der Waals surface area (Å²) in [7, 11) is 1.71. The number of nitrogens with zero attached hydrogens (tertiary/aromatic N) is 2. The largest absolute Gasteiger partial charge is 0.484 e. The van der Waals surface area contributed by atoms with Gasteiger partial charge < -0.3 is 18.8 Å². The molecule has 1 aromatic heterocycles. The molecule has 1 saturated heterocycles. The van der Waals surface area contributed by atoms with Crippen LogP contribution in [0.25, 0.3) is 0 Å². The van der Waals surface area contributed by atoms with E-state index in [1.165, 1.54) is 18.4 Å². The molecule has 2 heterocycles. The SMILES string of the molecule is CN(CC1CCCO1)C(=O)c1coc(COc2cccc(F)c2)n1. The Bertz CT molecular complexity index is 697. The van der Waals surface area contributed by atoms with Gasteiger partial charge in [0.05, 0.1) is 6.10 Å². The predicted molar refractivity (Wildman–Crippen MR) is 83.2 cm³/mol. The predicted octanol–water partition coefficient (Wildman–Crippen LogP) is 2.64. The minimum atomic E-state index is -0.383. The van der Waals surface area contributed by atoms with Crippen LogP contribution in [0.1, 0.15) is 29.2 Å². The Kier molecular flexibility index (Phi) is 5.10. The molecule has 1 aromatic carbocycles. The molecule has 0 radical (unpaired) electrons. The Balaban J connectivity index is 1.55. The molecule has 0 saturated carbocycles. The van der Waals surface area contributed by atoms with E-state index >= 15 is 0 Å². The second-order valence-corrected chi connectivity index (χ2v) is 5.69. The smallest absolute Gasteiger partial charge is 0.275 e. The zero-order valence-electron chi connectivity index (χ0n) is 13.4. The van der Waals surface area contributed by atoms with E-state index < -0.39 is 0 Å². The number of hydrogen-bond acceptors (Lipinski definition) is 5. The second-order valence-electron chi connectivity index (χ2n) is 5.69. The van der Waals surface area contributed by atoms with Crippen LogP contribution in [0.3, 0.4) is 0 Å². The highest BCUT2D eigenvalue weighted by Gasteiger charge is 2.22. The van der Waals surface area contributed by atoms with Gasteiger partial charge in [-0.05, 0) is 25.0 Å². The summed E-state index contributed by atoms with van der Waals surface area (Å²) < 4.78 is 29.2. The summed E-state index contributed by atoms with van der Waals surface area (Å²) in [5, 5.41) is 0. The van der Waals surface area contributed by atoms with E-state index in [0.717, 1.165) is 19.4 Å². The number of carbonyl (C=O) groups excluding carboxylic acids is 1. The Hall–Kier alpha value is -2.41. The standard InChI is InChI=1S/C17H19FN2O4/c1-20(9-14-6-3-7-22-14)17(21)15-10-24-16(19-15)11-23-13-5-2-4-12(18)8-13/h2,4-5,8,10,14H,3,6-7,9,11H2,1H3. The van der Waals surface area contributed by atoms with Crippen molar-refractivity contribution in [2.45, 2.75) is 25.6 Å². The molecule has 1 unspecified atom stereocenters. The third-order valence-corrected chi connectivity index (χ3v) is 3.78. The topological polar surface area (TPSA) is 64.8 Å². The lowest BCUT2D eigenvalue weighted by atomic mass is 10.2. The molecule has 128 valence electrons. The lowest BCUT2D eigenvalue weighted by Crippen LogP contribution is -2.34. The molecule has 6 nitrogen and oxygen atoms in total. The summed E-state index contributed by atoms with van der Waals surface area (Å²) in [6, 6.07) is 5.78. The quantitative estimate of drug-likeness (QED) is 0.812. The van der Waals surface area contributed by atoms with Crippen LogP contribution < -0.4 is 4.74 Å². The number of amides is 1. The van der Waals surface area contributed by atoms with Crippen LogP contribution in [-0.4, -0.2) is 42.1 Å². The first-order valence-corrected chi connectivity index (χ1v) is 7.81. The monoisotopic (exact) mass is 334 g/mol. The highest BCUT2D eigenvalue weighted by Crippen LogP contribution is 2.16. The molecular formula is C17H19FN2O4. The molecule has 7 heteroatoms. The number of hydrogen-bond donors (Lipinski definition) is 0. The minimum absolute atomic E-state index is 0.0200. The van der Waals surface area contributed by atoms with E-state index in [4.69, 9.17) is 13.9 Å². The van der Waals surface area contributed by atoms with E-state index in [-0.39, 0.29) is 36.0 Å². The number of rotatable bonds is 6. The first-order valence-electron chi connectivity index (χ1n) is 7.81. The van der Waals surface area contributed by atoms with E-state index in [1.54, 1.807) is 24.1 Å². The van der Waals surface area contributed by atoms with Crippen molar-refractivity contribution in [2.24, 2.45) is 0 Å². The number of benzene rings is 1. The van der Waals surface area contributed by atoms with Crippen molar-refractivity contribution in [1.82, 2.24) is 9.88 Å². The number of likely N-dealkylation sites (N-methyl/N-ethyl adjacent to an activating group) is 1. The molecular weight excluding hydrogens is 315 g/mol. The maximum atomic E-state index is 13.1.